The fourth-order valence-corrected chi connectivity index (χ4v) is 2.43. The Balaban J connectivity index is 2.00. The lowest BCUT2D eigenvalue weighted by Gasteiger charge is -2.37. The van der Waals surface area contributed by atoms with E-state index in [9.17, 15) is 0 Å². The third kappa shape index (κ3) is 1.46. The Hall–Kier alpha value is 0.0249. The van der Waals surface area contributed by atoms with Crippen molar-refractivity contribution in [2.75, 3.05) is 6.61 Å². The van der Waals surface area contributed by atoms with Crippen LogP contribution in [0.1, 0.15) is 38.5 Å². The van der Waals surface area contributed by atoms with Crippen LogP contribution in [0, 0.1) is 0 Å². The van der Waals surface area contributed by atoms with Gasteiger partial charge >= 0.3 is 0 Å². The highest BCUT2D eigenvalue weighted by molar-refractivity contribution is 6.11. The molecule has 1 aliphatic heterocycles. The summed E-state index contributed by atoms with van der Waals surface area (Å²) in [6, 6.07) is 0. The van der Waals surface area contributed by atoms with E-state index in [0.29, 0.717) is 5.82 Å². The second-order valence-electron chi connectivity index (χ2n) is 3.99. The fourth-order valence-electron chi connectivity index (χ4n) is 2.43. The molecule has 2 fully saturated rings. The normalized spacial score (nSPS) is 36.2. The molecule has 2 heteroatoms. The Bertz CT molecular complexity index is 140. The first kappa shape index (κ1) is 7.66. The monoisotopic (exact) mass is 150 g/mol. The SMILES string of the molecule is [B][C@@H]1CCOC2(CCCC2)C1. The predicted octanol–water partition coefficient (Wildman–Crippen LogP) is 2.07. The van der Waals surface area contributed by atoms with Gasteiger partial charge in [0.25, 0.3) is 0 Å². The minimum atomic E-state index is 0.220. The molecule has 0 N–H and O–H groups in total. The summed E-state index contributed by atoms with van der Waals surface area (Å²) in [5, 5.41) is 0. The molecule has 1 atom stereocenters. The van der Waals surface area contributed by atoms with Gasteiger partial charge in [0.15, 0.2) is 0 Å². The minimum absolute atomic E-state index is 0.220. The summed E-state index contributed by atoms with van der Waals surface area (Å²) >= 11 is 0. The van der Waals surface area contributed by atoms with E-state index in [0.717, 1.165) is 19.4 Å². The third-order valence-electron chi connectivity index (χ3n) is 3.05. The van der Waals surface area contributed by atoms with Crippen LogP contribution in [0.25, 0.3) is 0 Å². The van der Waals surface area contributed by atoms with Crippen molar-refractivity contribution in [1.29, 1.82) is 0 Å². The van der Waals surface area contributed by atoms with Crippen molar-refractivity contribution in [3.05, 3.63) is 0 Å². The van der Waals surface area contributed by atoms with Gasteiger partial charge in [-0.05, 0) is 25.7 Å². The van der Waals surface area contributed by atoms with E-state index in [1.54, 1.807) is 0 Å². The zero-order valence-electron chi connectivity index (χ0n) is 7.01. The van der Waals surface area contributed by atoms with Gasteiger partial charge < -0.3 is 4.74 Å². The first-order valence-corrected chi connectivity index (χ1v) is 4.70. The molecule has 2 radical (unpaired) electrons. The van der Waals surface area contributed by atoms with Gasteiger partial charge in [0.1, 0.15) is 0 Å². The van der Waals surface area contributed by atoms with Crippen LogP contribution in [-0.2, 0) is 4.74 Å². The molecular weight excluding hydrogens is 135 g/mol. The van der Waals surface area contributed by atoms with Crippen molar-refractivity contribution in [2.24, 2.45) is 0 Å². The molecule has 0 unspecified atom stereocenters. The molecule has 0 aromatic carbocycles. The van der Waals surface area contributed by atoms with Gasteiger partial charge in [-0.1, -0.05) is 18.7 Å². The van der Waals surface area contributed by atoms with E-state index in [2.05, 4.69) is 0 Å². The Morgan fingerprint density at radius 2 is 2.00 bits per heavy atom. The molecule has 1 saturated heterocycles. The zero-order chi connectivity index (χ0) is 7.73. The van der Waals surface area contributed by atoms with Crippen LogP contribution < -0.4 is 0 Å². The lowest BCUT2D eigenvalue weighted by molar-refractivity contribution is -0.0723. The van der Waals surface area contributed by atoms with Crippen LogP contribution >= 0.6 is 0 Å². The highest BCUT2D eigenvalue weighted by atomic mass is 16.5. The second kappa shape index (κ2) is 2.82. The van der Waals surface area contributed by atoms with Gasteiger partial charge in [-0.25, -0.2) is 0 Å². The van der Waals surface area contributed by atoms with Gasteiger partial charge in [-0.2, -0.15) is 0 Å². The summed E-state index contributed by atoms with van der Waals surface area (Å²) in [5.41, 5.74) is 0.220. The third-order valence-corrected chi connectivity index (χ3v) is 3.05. The molecule has 11 heavy (non-hydrogen) atoms. The Labute approximate surface area is 69.9 Å². The van der Waals surface area contributed by atoms with Crippen molar-refractivity contribution in [3.8, 4) is 0 Å². The average Bonchev–Trinajstić information content (AvgIpc) is 2.37. The van der Waals surface area contributed by atoms with E-state index >= 15 is 0 Å². The Kier molecular flexibility index (Phi) is 1.96. The summed E-state index contributed by atoms with van der Waals surface area (Å²) in [7, 11) is 5.91. The summed E-state index contributed by atoms with van der Waals surface area (Å²) in [6.07, 6.45) is 7.34. The molecule has 2 aliphatic rings. The van der Waals surface area contributed by atoms with Crippen LogP contribution in [0.4, 0.5) is 0 Å². The first-order valence-electron chi connectivity index (χ1n) is 4.70. The minimum Gasteiger partial charge on any atom is -0.375 e. The molecule has 1 saturated carbocycles. The molecule has 60 valence electrons. The maximum Gasteiger partial charge on any atom is 0.0702 e. The second-order valence-corrected chi connectivity index (χ2v) is 3.99. The topological polar surface area (TPSA) is 9.23 Å². The smallest absolute Gasteiger partial charge is 0.0702 e. The Morgan fingerprint density at radius 1 is 1.27 bits per heavy atom. The van der Waals surface area contributed by atoms with Crippen LogP contribution in [-0.4, -0.2) is 20.1 Å². The van der Waals surface area contributed by atoms with Gasteiger partial charge in [-0.15, -0.1) is 0 Å². The number of hydrogen-bond donors (Lipinski definition) is 0. The summed E-state index contributed by atoms with van der Waals surface area (Å²) in [5.74, 6) is 0.404. The molecule has 1 aliphatic carbocycles. The lowest BCUT2D eigenvalue weighted by atomic mass is 9.74. The molecule has 0 bridgehead atoms. The van der Waals surface area contributed by atoms with Crippen molar-refractivity contribution in [3.63, 3.8) is 0 Å². The molecule has 0 amide bonds. The van der Waals surface area contributed by atoms with E-state index in [1.165, 1.54) is 25.7 Å². The predicted molar refractivity (Wildman–Crippen MR) is 45.9 cm³/mol. The first-order chi connectivity index (χ1) is 5.31. The van der Waals surface area contributed by atoms with Crippen molar-refractivity contribution in [2.45, 2.75) is 49.9 Å². The lowest BCUT2D eigenvalue weighted by Crippen LogP contribution is -2.35. The van der Waals surface area contributed by atoms with Crippen molar-refractivity contribution in [1.82, 2.24) is 0 Å². The van der Waals surface area contributed by atoms with Crippen LogP contribution in [0.2, 0.25) is 5.82 Å². The maximum absolute atomic E-state index is 5.91. The molecule has 1 spiro atoms. The highest BCUT2D eigenvalue weighted by Crippen LogP contribution is 2.42. The molecule has 0 aromatic rings. The number of rotatable bonds is 0. The van der Waals surface area contributed by atoms with Crippen molar-refractivity contribution >= 4 is 7.85 Å². The largest absolute Gasteiger partial charge is 0.375 e. The van der Waals surface area contributed by atoms with Crippen molar-refractivity contribution < 1.29 is 4.74 Å². The summed E-state index contributed by atoms with van der Waals surface area (Å²) < 4.78 is 5.82. The summed E-state index contributed by atoms with van der Waals surface area (Å²) in [4.78, 5) is 0. The Morgan fingerprint density at radius 3 is 2.64 bits per heavy atom. The number of ether oxygens (including phenoxy) is 1. The van der Waals surface area contributed by atoms with Crippen LogP contribution in [0.5, 0.6) is 0 Å². The van der Waals surface area contributed by atoms with Gasteiger partial charge in [-0.3, -0.25) is 0 Å². The van der Waals surface area contributed by atoms with E-state index < -0.39 is 0 Å². The molecular formula is C9H15BO. The fraction of sp³-hybridized carbons (Fsp3) is 1.00. The van der Waals surface area contributed by atoms with E-state index in [4.69, 9.17) is 12.6 Å². The van der Waals surface area contributed by atoms with Gasteiger partial charge in [0, 0.05) is 6.61 Å². The highest BCUT2D eigenvalue weighted by Gasteiger charge is 2.38. The molecule has 0 aromatic heterocycles. The average molecular weight is 150 g/mol. The van der Waals surface area contributed by atoms with E-state index in [1.807, 2.05) is 0 Å². The maximum atomic E-state index is 5.91. The molecule has 1 heterocycles. The standard InChI is InChI=1S/C9H15BO/c10-8-3-6-11-9(7-8)4-1-2-5-9/h8H,1-7H2/t8-/m1/s1. The summed E-state index contributed by atoms with van der Waals surface area (Å²) in [6.45, 7) is 0.890. The quantitative estimate of drug-likeness (QED) is 0.480. The van der Waals surface area contributed by atoms with Gasteiger partial charge in [0.05, 0.1) is 13.4 Å². The molecule has 1 nitrogen and oxygen atoms in total. The molecule has 2 rings (SSSR count). The van der Waals surface area contributed by atoms with E-state index in [-0.39, 0.29) is 5.60 Å². The van der Waals surface area contributed by atoms with Crippen LogP contribution in [0.3, 0.4) is 0 Å². The number of hydrogen-bond acceptors (Lipinski definition) is 1. The van der Waals surface area contributed by atoms with Crippen LogP contribution in [0.15, 0.2) is 0 Å². The zero-order valence-corrected chi connectivity index (χ0v) is 7.01. The van der Waals surface area contributed by atoms with Gasteiger partial charge in [0.2, 0.25) is 0 Å².